The molecule has 1 amide bonds. The molecule has 0 spiro atoms. The number of benzene rings is 2. The summed E-state index contributed by atoms with van der Waals surface area (Å²) in [6, 6.07) is 16.8. The molecule has 170 valence electrons. The van der Waals surface area contributed by atoms with E-state index in [9.17, 15) is 9.59 Å². The lowest BCUT2D eigenvalue weighted by atomic mass is 10.2. The quantitative estimate of drug-likeness (QED) is 0.376. The zero-order valence-electron chi connectivity index (χ0n) is 18.7. The van der Waals surface area contributed by atoms with Crippen LogP contribution in [0.1, 0.15) is 21.6 Å². The second kappa shape index (κ2) is 8.64. The van der Waals surface area contributed by atoms with Gasteiger partial charge in [0.15, 0.2) is 5.65 Å². The predicted molar refractivity (Wildman–Crippen MR) is 132 cm³/mol. The second-order valence-electron chi connectivity index (χ2n) is 7.76. The summed E-state index contributed by atoms with van der Waals surface area (Å²) in [6.45, 7) is 3.80. The number of hydrogen-bond donors (Lipinski definition) is 2. The minimum absolute atomic E-state index is 0.174. The molecular weight excluding hydrogens is 450 g/mol. The van der Waals surface area contributed by atoms with Crippen LogP contribution in [0, 0.1) is 13.8 Å². The van der Waals surface area contributed by atoms with Crippen LogP contribution in [0.25, 0.3) is 22.7 Å². The fraction of sp³-hybridized carbons (Fsp3) is 0.125. The number of anilines is 1. The predicted octanol–water partition coefficient (Wildman–Crippen LogP) is 3.89. The Bertz CT molecular complexity index is 1580. The van der Waals surface area contributed by atoms with Gasteiger partial charge in [-0.15, -0.1) is 11.8 Å². The Morgan fingerprint density at radius 1 is 1.06 bits per heavy atom. The monoisotopic (exact) mass is 471 g/mol. The van der Waals surface area contributed by atoms with E-state index in [-0.39, 0.29) is 17.4 Å². The van der Waals surface area contributed by atoms with Gasteiger partial charge in [-0.3, -0.25) is 14.6 Å². The van der Waals surface area contributed by atoms with Gasteiger partial charge >= 0.3 is 0 Å². The number of rotatable bonds is 5. The number of fused-ring (bicyclic) bond motifs is 1. The largest absolute Gasteiger partial charge is 0.306 e. The van der Waals surface area contributed by atoms with Gasteiger partial charge in [0.25, 0.3) is 11.5 Å². The van der Waals surface area contributed by atoms with Gasteiger partial charge in [0, 0.05) is 11.0 Å². The summed E-state index contributed by atoms with van der Waals surface area (Å²) in [5.41, 5.74) is 3.14. The van der Waals surface area contributed by atoms with Gasteiger partial charge in [-0.05, 0) is 44.4 Å². The highest BCUT2D eigenvalue weighted by molar-refractivity contribution is 7.98. The molecule has 0 aliphatic rings. The number of H-pyrrole nitrogens is 1. The molecule has 0 atom stereocenters. The summed E-state index contributed by atoms with van der Waals surface area (Å²) in [5, 5.41) is 12.1. The molecule has 0 radical (unpaired) electrons. The second-order valence-corrected chi connectivity index (χ2v) is 8.60. The standard InChI is InChI=1S/C24H21N7O2S/c1-14-8-10-16(11-9-14)30-21-18(13-25-30)23(33)28-24(27-21)31-20(12-15(2)29-31)26-22(32)17-6-4-5-7-19(17)34-3/h4-13H,1-3H3,(H,26,32)(H,27,28,33). The van der Waals surface area contributed by atoms with E-state index in [1.807, 2.05) is 55.6 Å². The Hall–Kier alpha value is -4.18. The van der Waals surface area contributed by atoms with Crippen LogP contribution in [-0.2, 0) is 0 Å². The first-order valence-electron chi connectivity index (χ1n) is 10.5. The molecule has 0 fully saturated rings. The Morgan fingerprint density at radius 2 is 1.82 bits per heavy atom. The lowest BCUT2D eigenvalue weighted by molar-refractivity contribution is 0.102. The van der Waals surface area contributed by atoms with Crippen LogP contribution < -0.4 is 10.9 Å². The maximum Gasteiger partial charge on any atom is 0.263 e. The van der Waals surface area contributed by atoms with Crippen LogP contribution in [0.3, 0.4) is 0 Å². The van der Waals surface area contributed by atoms with Crippen molar-refractivity contribution < 1.29 is 4.79 Å². The SMILES string of the molecule is CSc1ccccc1C(=O)Nc1cc(C)nn1-c1nc2c(cnn2-c2ccc(C)cc2)c(=O)[nH]1. The number of hydrogen-bond acceptors (Lipinski definition) is 6. The molecule has 0 saturated carbocycles. The van der Waals surface area contributed by atoms with Gasteiger partial charge in [-0.2, -0.15) is 19.9 Å². The average molecular weight is 472 g/mol. The molecule has 10 heteroatoms. The van der Waals surface area contributed by atoms with E-state index in [4.69, 9.17) is 0 Å². The third-order valence-corrected chi connectivity index (χ3v) is 6.13. The minimum Gasteiger partial charge on any atom is -0.306 e. The number of aryl methyl sites for hydroxylation is 2. The number of carbonyl (C=O) groups excluding carboxylic acids is 1. The van der Waals surface area contributed by atoms with Crippen molar-refractivity contribution >= 4 is 34.5 Å². The molecule has 3 aromatic heterocycles. The molecule has 0 aliphatic heterocycles. The topological polar surface area (TPSA) is 110 Å². The average Bonchev–Trinajstić information content (AvgIpc) is 3.43. The Morgan fingerprint density at radius 3 is 2.59 bits per heavy atom. The maximum atomic E-state index is 13.0. The molecule has 0 unspecified atom stereocenters. The van der Waals surface area contributed by atoms with Crippen LogP contribution in [-0.4, -0.2) is 41.7 Å². The number of nitrogens with zero attached hydrogens (tertiary/aromatic N) is 5. The van der Waals surface area contributed by atoms with Crippen molar-refractivity contribution in [2.45, 2.75) is 18.7 Å². The number of carbonyl (C=O) groups is 1. The summed E-state index contributed by atoms with van der Waals surface area (Å²) in [7, 11) is 0. The van der Waals surface area contributed by atoms with E-state index < -0.39 is 0 Å². The molecule has 34 heavy (non-hydrogen) atoms. The van der Waals surface area contributed by atoms with Crippen molar-refractivity contribution in [2.24, 2.45) is 0 Å². The molecule has 2 aromatic carbocycles. The summed E-state index contributed by atoms with van der Waals surface area (Å²) in [5.74, 6) is 0.287. The van der Waals surface area contributed by atoms with E-state index in [0.29, 0.717) is 28.1 Å². The fourth-order valence-corrected chi connectivity index (χ4v) is 4.24. The van der Waals surface area contributed by atoms with Crippen molar-refractivity contribution in [1.82, 2.24) is 29.5 Å². The molecule has 2 N–H and O–H groups in total. The summed E-state index contributed by atoms with van der Waals surface area (Å²) in [4.78, 5) is 34.1. The summed E-state index contributed by atoms with van der Waals surface area (Å²) < 4.78 is 3.03. The maximum absolute atomic E-state index is 13.0. The van der Waals surface area contributed by atoms with E-state index in [2.05, 4.69) is 25.5 Å². The van der Waals surface area contributed by atoms with Gasteiger partial charge < -0.3 is 5.32 Å². The van der Waals surface area contributed by atoms with Crippen molar-refractivity contribution in [3.05, 3.63) is 88.0 Å². The first kappa shape index (κ1) is 21.7. The molecule has 3 heterocycles. The molecular formula is C24H21N7O2S. The highest BCUT2D eigenvalue weighted by Crippen LogP contribution is 2.23. The Labute approximate surface area is 198 Å². The van der Waals surface area contributed by atoms with Gasteiger partial charge in [0.05, 0.1) is 23.1 Å². The Balaban J connectivity index is 1.58. The van der Waals surface area contributed by atoms with Crippen LogP contribution in [0.2, 0.25) is 0 Å². The molecule has 9 nitrogen and oxygen atoms in total. The van der Waals surface area contributed by atoms with Crippen LogP contribution in [0.4, 0.5) is 5.82 Å². The molecule has 5 aromatic rings. The third-order valence-electron chi connectivity index (χ3n) is 5.33. The highest BCUT2D eigenvalue weighted by atomic mass is 32.2. The van der Waals surface area contributed by atoms with Gasteiger partial charge in [-0.1, -0.05) is 29.8 Å². The highest BCUT2D eigenvalue weighted by Gasteiger charge is 2.18. The summed E-state index contributed by atoms with van der Waals surface area (Å²) in [6.07, 6.45) is 3.41. The van der Waals surface area contributed by atoms with Crippen LogP contribution in [0.15, 0.2) is 70.5 Å². The van der Waals surface area contributed by atoms with E-state index in [0.717, 1.165) is 16.1 Å². The molecule has 5 rings (SSSR count). The summed E-state index contributed by atoms with van der Waals surface area (Å²) >= 11 is 1.49. The van der Waals surface area contributed by atoms with Crippen molar-refractivity contribution in [1.29, 1.82) is 0 Å². The van der Waals surface area contributed by atoms with Gasteiger partial charge in [0.2, 0.25) is 5.95 Å². The Kier molecular flexibility index (Phi) is 5.50. The van der Waals surface area contributed by atoms with Crippen molar-refractivity contribution in [3.8, 4) is 11.6 Å². The normalized spacial score (nSPS) is 11.1. The molecule has 0 saturated heterocycles. The van der Waals surface area contributed by atoms with Gasteiger partial charge in [-0.25, -0.2) is 4.68 Å². The number of nitrogens with one attached hydrogen (secondary N) is 2. The number of thioether (sulfide) groups is 1. The molecule has 0 bridgehead atoms. The van der Waals surface area contributed by atoms with E-state index in [1.165, 1.54) is 22.6 Å². The first-order valence-corrected chi connectivity index (χ1v) is 11.7. The van der Waals surface area contributed by atoms with E-state index in [1.54, 1.807) is 23.7 Å². The number of amides is 1. The van der Waals surface area contributed by atoms with Crippen LogP contribution in [0.5, 0.6) is 0 Å². The lowest BCUT2D eigenvalue weighted by Crippen LogP contribution is -2.19. The van der Waals surface area contributed by atoms with Crippen molar-refractivity contribution in [2.75, 3.05) is 11.6 Å². The first-order chi connectivity index (χ1) is 16.4. The van der Waals surface area contributed by atoms with E-state index >= 15 is 0 Å². The number of aromatic amines is 1. The zero-order chi connectivity index (χ0) is 23.8. The lowest BCUT2D eigenvalue weighted by Gasteiger charge is -2.10. The van der Waals surface area contributed by atoms with Crippen LogP contribution >= 0.6 is 11.8 Å². The zero-order valence-corrected chi connectivity index (χ0v) is 19.6. The minimum atomic E-state index is -0.350. The van der Waals surface area contributed by atoms with Gasteiger partial charge in [0.1, 0.15) is 11.2 Å². The smallest absolute Gasteiger partial charge is 0.263 e. The fourth-order valence-electron chi connectivity index (χ4n) is 3.65. The van der Waals surface area contributed by atoms with Crippen molar-refractivity contribution in [3.63, 3.8) is 0 Å². The molecule has 0 aliphatic carbocycles. The third kappa shape index (κ3) is 3.88. The number of aromatic nitrogens is 6.